The molecular weight excluding hydrogens is 474 g/mol. The number of nitrogens with one attached hydrogen (secondary N) is 1. The van der Waals surface area contributed by atoms with Crippen molar-refractivity contribution >= 4 is 11.3 Å². The summed E-state index contributed by atoms with van der Waals surface area (Å²) in [5, 5.41) is 4.14. The molecule has 0 radical (unpaired) electrons. The maximum atomic E-state index is 14.3. The average Bonchev–Trinajstić information content (AvgIpc) is 3.38. The molecule has 2 aromatic heterocycles. The lowest BCUT2D eigenvalue weighted by atomic mass is 10.1. The Balaban J connectivity index is 1.28. The molecule has 1 N–H and O–H groups in total. The van der Waals surface area contributed by atoms with Gasteiger partial charge in [0.1, 0.15) is 10.8 Å². The number of H-pyrrole nitrogens is 1. The first-order valence-electron chi connectivity index (χ1n) is 10.3. The fraction of sp³-hybridized carbons (Fsp3) is 0.261. The van der Waals surface area contributed by atoms with E-state index in [1.54, 1.807) is 6.07 Å². The molecule has 0 aliphatic carbocycles. The second-order valence-electron chi connectivity index (χ2n) is 7.52. The van der Waals surface area contributed by atoms with Crippen LogP contribution in [0.1, 0.15) is 28.1 Å². The van der Waals surface area contributed by atoms with Crippen LogP contribution in [0.5, 0.6) is 0 Å². The smallest absolute Gasteiger partial charge is 0.377 e. The minimum atomic E-state index is -4.37. The Kier molecular flexibility index (Phi) is 6.94. The fourth-order valence-electron chi connectivity index (χ4n) is 3.30. The number of aromatic amines is 1. The SMILES string of the molecule is Cc1nc(-c2ccc(C(F)(F)F)cc2)sc1CCCOCc1ccc(-c2noc(=O)[nH]2)c(F)c1. The molecule has 0 spiro atoms. The van der Waals surface area contributed by atoms with Gasteiger partial charge in [-0.1, -0.05) is 23.4 Å². The number of hydrogen-bond donors (Lipinski definition) is 1. The normalized spacial score (nSPS) is 11.8. The molecule has 0 saturated carbocycles. The molecule has 4 rings (SSSR count). The number of aryl methyl sites for hydroxylation is 2. The van der Waals surface area contributed by atoms with Crippen LogP contribution in [-0.2, 0) is 23.9 Å². The van der Waals surface area contributed by atoms with Crippen LogP contribution in [0.25, 0.3) is 22.0 Å². The van der Waals surface area contributed by atoms with Crippen LogP contribution in [-0.4, -0.2) is 21.7 Å². The van der Waals surface area contributed by atoms with Crippen LogP contribution in [0.3, 0.4) is 0 Å². The molecule has 0 aliphatic rings. The highest BCUT2D eigenvalue weighted by molar-refractivity contribution is 7.15. The van der Waals surface area contributed by atoms with Crippen molar-refractivity contribution in [2.45, 2.75) is 32.5 Å². The molecule has 2 heterocycles. The van der Waals surface area contributed by atoms with Crippen molar-refractivity contribution < 1.29 is 26.8 Å². The lowest BCUT2D eigenvalue weighted by Crippen LogP contribution is -2.03. The van der Waals surface area contributed by atoms with Crippen LogP contribution >= 0.6 is 11.3 Å². The predicted molar refractivity (Wildman–Crippen MR) is 118 cm³/mol. The molecular formula is C23H19F4N3O3S. The van der Waals surface area contributed by atoms with Crippen LogP contribution in [0.15, 0.2) is 51.8 Å². The second kappa shape index (κ2) is 9.90. The van der Waals surface area contributed by atoms with Crippen molar-refractivity contribution in [2.75, 3.05) is 6.61 Å². The summed E-state index contributed by atoms with van der Waals surface area (Å²) in [5.74, 6) is -1.29. The maximum Gasteiger partial charge on any atom is 0.439 e. The number of rotatable bonds is 8. The third kappa shape index (κ3) is 5.60. The van der Waals surface area contributed by atoms with Gasteiger partial charge in [0, 0.05) is 17.0 Å². The number of alkyl halides is 3. The molecule has 0 bridgehead atoms. The number of nitrogens with zero attached hydrogens (tertiary/aromatic N) is 2. The molecule has 4 aromatic rings. The molecule has 34 heavy (non-hydrogen) atoms. The zero-order valence-corrected chi connectivity index (χ0v) is 18.7. The van der Waals surface area contributed by atoms with Crippen LogP contribution in [0, 0.1) is 12.7 Å². The van der Waals surface area contributed by atoms with Gasteiger partial charge in [-0.2, -0.15) is 13.2 Å². The molecule has 0 amide bonds. The number of thiazole rings is 1. The minimum absolute atomic E-state index is 0.0190. The Morgan fingerprint density at radius 3 is 2.56 bits per heavy atom. The summed E-state index contributed by atoms with van der Waals surface area (Å²) >= 11 is 1.45. The molecule has 2 aromatic carbocycles. The molecule has 6 nitrogen and oxygen atoms in total. The van der Waals surface area contributed by atoms with E-state index in [9.17, 15) is 22.4 Å². The van der Waals surface area contributed by atoms with Gasteiger partial charge in [0.25, 0.3) is 0 Å². The number of halogens is 4. The van der Waals surface area contributed by atoms with Gasteiger partial charge in [0.05, 0.1) is 23.4 Å². The van der Waals surface area contributed by atoms with Gasteiger partial charge >= 0.3 is 11.9 Å². The van der Waals surface area contributed by atoms with E-state index in [2.05, 4.69) is 19.6 Å². The standard InChI is InChI=1S/C23H19F4N3O3S/c1-13-19(34-21(28-13)15-5-7-16(8-6-15)23(25,26)27)3-2-10-32-12-14-4-9-17(18(24)11-14)20-29-22(31)33-30-20/h4-9,11H,2-3,10,12H2,1H3,(H,29,30,31). The molecule has 11 heteroatoms. The van der Waals surface area contributed by atoms with Crippen molar-refractivity contribution in [1.82, 2.24) is 15.1 Å². The molecule has 178 valence electrons. The third-order valence-electron chi connectivity index (χ3n) is 5.04. The topological polar surface area (TPSA) is 81.0 Å². The van der Waals surface area contributed by atoms with Crippen molar-refractivity contribution in [3.63, 3.8) is 0 Å². The van der Waals surface area contributed by atoms with Crippen LogP contribution < -0.4 is 5.76 Å². The monoisotopic (exact) mass is 493 g/mol. The second-order valence-corrected chi connectivity index (χ2v) is 8.60. The van der Waals surface area contributed by atoms with Crippen molar-refractivity contribution in [1.29, 1.82) is 0 Å². The quantitative estimate of drug-likeness (QED) is 0.249. The third-order valence-corrected chi connectivity index (χ3v) is 6.31. The summed E-state index contributed by atoms with van der Waals surface area (Å²) in [7, 11) is 0. The Morgan fingerprint density at radius 2 is 1.91 bits per heavy atom. The first-order valence-corrected chi connectivity index (χ1v) is 11.1. The first kappa shape index (κ1) is 23.8. The number of aromatic nitrogens is 3. The Hall–Kier alpha value is -3.31. The largest absolute Gasteiger partial charge is 0.439 e. The Morgan fingerprint density at radius 1 is 1.15 bits per heavy atom. The van der Waals surface area contributed by atoms with E-state index in [0.29, 0.717) is 35.6 Å². The average molecular weight is 493 g/mol. The number of benzene rings is 2. The van der Waals surface area contributed by atoms with Gasteiger partial charge in [-0.25, -0.2) is 14.2 Å². The first-order chi connectivity index (χ1) is 16.2. The van der Waals surface area contributed by atoms with E-state index < -0.39 is 23.3 Å². The van der Waals surface area contributed by atoms with Gasteiger partial charge in [-0.3, -0.25) is 9.51 Å². The lowest BCUT2D eigenvalue weighted by molar-refractivity contribution is -0.137. The maximum absolute atomic E-state index is 14.3. The fourth-order valence-corrected chi connectivity index (χ4v) is 4.41. The summed E-state index contributed by atoms with van der Waals surface area (Å²) < 4.78 is 62.6. The van der Waals surface area contributed by atoms with Gasteiger partial charge < -0.3 is 4.74 Å². The molecule has 0 aliphatic heterocycles. The van der Waals surface area contributed by atoms with Gasteiger partial charge in [-0.05, 0) is 49.6 Å². The predicted octanol–water partition coefficient (Wildman–Crippen LogP) is 5.77. The highest BCUT2D eigenvalue weighted by atomic mass is 32.1. The van der Waals surface area contributed by atoms with Crippen molar-refractivity contribution in [2.24, 2.45) is 0 Å². The minimum Gasteiger partial charge on any atom is -0.377 e. The van der Waals surface area contributed by atoms with Crippen molar-refractivity contribution in [3.8, 4) is 22.0 Å². The van der Waals surface area contributed by atoms with E-state index in [1.165, 1.54) is 35.6 Å². The van der Waals surface area contributed by atoms with E-state index >= 15 is 0 Å². The Labute approximate surface area is 195 Å². The Bertz CT molecular complexity index is 1330. The molecule has 0 fully saturated rings. The van der Waals surface area contributed by atoms with Crippen LogP contribution in [0.4, 0.5) is 17.6 Å². The summed E-state index contributed by atoms with van der Waals surface area (Å²) in [6.07, 6.45) is -2.96. The van der Waals surface area contributed by atoms with E-state index in [0.717, 1.165) is 22.7 Å². The van der Waals surface area contributed by atoms with E-state index in [-0.39, 0.29) is 18.0 Å². The van der Waals surface area contributed by atoms with E-state index in [4.69, 9.17) is 4.74 Å². The summed E-state index contributed by atoms with van der Waals surface area (Å²) in [4.78, 5) is 18.8. The van der Waals surface area contributed by atoms with Gasteiger partial charge in [0.2, 0.25) is 0 Å². The highest BCUT2D eigenvalue weighted by Crippen LogP contribution is 2.33. The van der Waals surface area contributed by atoms with Crippen LogP contribution in [0.2, 0.25) is 0 Å². The molecule has 0 saturated heterocycles. The molecule has 0 atom stereocenters. The summed E-state index contributed by atoms with van der Waals surface area (Å²) in [6, 6.07) is 9.45. The van der Waals surface area contributed by atoms with E-state index in [1.807, 2.05) is 6.92 Å². The van der Waals surface area contributed by atoms with Gasteiger partial charge in [0.15, 0.2) is 5.82 Å². The highest BCUT2D eigenvalue weighted by Gasteiger charge is 2.30. The zero-order chi connectivity index (χ0) is 24.3. The van der Waals surface area contributed by atoms with Gasteiger partial charge in [-0.15, -0.1) is 11.3 Å². The molecule has 0 unspecified atom stereocenters. The number of ether oxygens (including phenoxy) is 1. The lowest BCUT2D eigenvalue weighted by Gasteiger charge is -2.06. The number of hydrogen-bond acceptors (Lipinski definition) is 6. The van der Waals surface area contributed by atoms with Crippen molar-refractivity contribution in [3.05, 3.63) is 80.5 Å². The summed E-state index contributed by atoms with van der Waals surface area (Å²) in [6.45, 7) is 2.52. The summed E-state index contributed by atoms with van der Waals surface area (Å²) in [5.41, 5.74) is 1.54. The zero-order valence-electron chi connectivity index (χ0n) is 17.9.